The molecule has 2 aromatic rings. The van der Waals surface area contributed by atoms with Crippen LogP contribution in [0.4, 0.5) is 0 Å². The van der Waals surface area contributed by atoms with Crippen molar-refractivity contribution in [3.8, 4) is 0 Å². The Hall–Kier alpha value is -2.15. The Bertz CT molecular complexity index is 731. The lowest BCUT2D eigenvalue weighted by molar-refractivity contribution is -0.135. The van der Waals surface area contributed by atoms with Crippen molar-refractivity contribution in [2.24, 2.45) is 7.05 Å². The number of rotatable bonds is 4. The minimum absolute atomic E-state index is 0.130. The summed E-state index contributed by atoms with van der Waals surface area (Å²) in [6.45, 7) is 2.68. The predicted molar refractivity (Wildman–Crippen MR) is 91.9 cm³/mol. The Labute approximate surface area is 147 Å². The minimum Gasteiger partial charge on any atom is -0.381 e. The highest BCUT2D eigenvalue weighted by Gasteiger charge is 2.29. The highest BCUT2D eigenvalue weighted by atomic mass is 16.5. The topological polar surface area (TPSA) is 65.2 Å². The van der Waals surface area contributed by atoms with Crippen LogP contribution in [0, 0.1) is 0 Å². The van der Waals surface area contributed by atoms with Crippen LogP contribution in [0.1, 0.15) is 48.8 Å². The summed E-state index contributed by atoms with van der Waals surface area (Å²) >= 11 is 0. The molecule has 0 aromatic carbocycles. The van der Waals surface area contributed by atoms with Crippen LogP contribution in [0.5, 0.6) is 0 Å². The SMILES string of the molecule is Cn1cc(C2CCCCN2C(=O)Cn2cc(C3CCOC3)cn2)cn1. The zero-order valence-electron chi connectivity index (χ0n) is 14.7. The molecule has 25 heavy (non-hydrogen) atoms. The molecule has 2 fully saturated rings. The average molecular weight is 343 g/mol. The maximum atomic E-state index is 12.9. The maximum absolute atomic E-state index is 12.9. The van der Waals surface area contributed by atoms with Gasteiger partial charge in [-0.15, -0.1) is 0 Å². The van der Waals surface area contributed by atoms with Crippen LogP contribution in [0.15, 0.2) is 24.8 Å². The molecule has 2 aliphatic rings. The Morgan fingerprint density at radius 1 is 1.20 bits per heavy atom. The first-order chi connectivity index (χ1) is 12.2. The van der Waals surface area contributed by atoms with Gasteiger partial charge in [0.15, 0.2) is 0 Å². The lowest BCUT2D eigenvalue weighted by Gasteiger charge is -2.35. The number of ether oxygens (including phenoxy) is 1. The molecule has 2 unspecified atom stereocenters. The van der Waals surface area contributed by atoms with Crippen LogP contribution < -0.4 is 0 Å². The van der Waals surface area contributed by atoms with Crippen molar-refractivity contribution in [1.29, 1.82) is 0 Å². The number of likely N-dealkylation sites (tertiary alicyclic amines) is 1. The molecule has 7 heteroatoms. The summed E-state index contributed by atoms with van der Waals surface area (Å²) in [7, 11) is 1.91. The number of piperidine rings is 1. The molecule has 0 saturated carbocycles. The highest BCUT2D eigenvalue weighted by molar-refractivity contribution is 5.76. The van der Waals surface area contributed by atoms with Crippen LogP contribution in [0.25, 0.3) is 0 Å². The second kappa shape index (κ2) is 7.00. The number of carbonyl (C=O) groups is 1. The first kappa shape index (κ1) is 16.3. The van der Waals surface area contributed by atoms with Gasteiger partial charge in [0.2, 0.25) is 5.91 Å². The second-order valence-corrected chi connectivity index (χ2v) is 7.08. The second-order valence-electron chi connectivity index (χ2n) is 7.08. The summed E-state index contributed by atoms with van der Waals surface area (Å²) in [4.78, 5) is 14.9. The van der Waals surface area contributed by atoms with Crippen LogP contribution in [0.3, 0.4) is 0 Å². The van der Waals surface area contributed by atoms with Crippen molar-refractivity contribution in [2.45, 2.75) is 44.2 Å². The molecule has 0 N–H and O–H groups in total. The molecule has 0 radical (unpaired) electrons. The van der Waals surface area contributed by atoms with Gasteiger partial charge >= 0.3 is 0 Å². The molecule has 2 atom stereocenters. The Morgan fingerprint density at radius 3 is 2.84 bits per heavy atom. The Balaban J connectivity index is 1.45. The predicted octanol–water partition coefficient (Wildman–Crippen LogP) is 1.87. The van der Waals surface area contributed by atoms with Crippen LogP contribution in [-0.2, 0) is 23.1 Å². The minimum atomic E-state index is 0.130. The van der Waals surface area contributed by atoms with Gasteiger partial charge in [-0.3, -0.25) is 14.2 Å². The fraction of sp³-hybridized carbons (Fsp3) is 0.611. The summed E-state index contributed by atoms with van der Waals surface area (Å²) in [6, 6.07) is 0.133. The molecule has 0 bridgehead atoms. The highest BCUT2D eigenvalue weighted by Crippen LogP contribution is 2.31. The molecule has 134 valence electrons. The van der Waals surface area contributed by atoms with E-state index >= 15 is 0 Å². The summed E-state index contributed by atoms with van der Waals surface area (Å²) < 4.78 is 9.01. The van der Waals surface area contributed by atoms with Gasteiger partial charge in [-0.1, -0.05) is 0 Å². The first-order valence-electron chi connectivity index (χ1n) is 9.09. The lowest BCUT2D eigenvalue weighted by atomic mass is 9.97. The fourth-order valence-corrected chi connectivity index (χ4v) is 3.89. The van der Waals surface area contributed by atoms with Crippen molar-refractivity contribution in [3.63, 3.8) is 0 Å². The molecule has 2 aliphatic heterocycles. The molecule has 1 amide bonds. The zero-order chi connectivity index (χ0) is 17.2. The summed E-state index contributed by atoms with van der Waals surface area (Å²) in [6.07, 6.45) is 12.0. The van der Waals surface area contributed by atoms with Gasteiger partial charge in [-0.25, -0.2) is 0 Å². The van der Waals surface area contributed by atoms with E-state index < -0.39 is 0 Å². The zero-order valence-corrected chi connectivity index (χ0v) is 14.7. The van der Waals surface area contributed by atoms with E-state index in [0.717, 1.165) is 51.0 Å². The smallest absolute Gasteiger partial charge is 0.244 e. The monoisotopic (exact) mass is 343 g/mol. The van der Waals surface area contributed by atoms with E-state index in [4.69, 9.17) is 4.74 Å². The molecule has 0 aliphatic carbocycles. The summed E-state index contributed by atoms with van der Waals surface area (Å²) in [5.41, 5.74) is 2.30. The largest absolute Gasteiger partial charge is 0.381 e. The fourth-order valence-electron chi connectivity index (χ4n) is 3.89. The molecule has 4 heterocycles. The van der Waals surface area contributed by atoms with Crippen molar-refractivity contribution in [3.05, 3.63) is 35.9 Å². The van der Waals surface area contributed by atoms with Gasteiger partial charge in [-0.05, 0) is 31.2 Å². The van der Waals surface area contributed by atoms with Crippen LogP contribution >= 0.6 is 0 Å². The van der Waals surface area contributed by atoms with Gasteiger partial charge in [0, 0.05) is 44.1 Å². The van der Waals surface area contributed by atoms with E-state index in [1.807, 2.05) is 36.7 Å². The van der Waals surface area contributed by atoms with Gasteiger partial charge in [-0.2, -0.15) is 10.2 Å². The average Bonchev–Trinajstić information content (AvgIpc) is 3.36. The Kier molecular flexibility index (Phi) is 4.57. The van der Waals surface area contributed by atoms with E-state index in [0.29, 0.717) is 12.5 Å². The quantitative estimate of drug-likeness (QED) is 0.850. The van der Waals surface area contributed by atoms with Crippen molar-refractivity contribution < 1.29 is 9.53 Å². The third-order valence-corrected chi connectivity index (χ3v) is 5.28. The molecule has 2 aromatic heterocycles. The molecule has 4 rings (SSSR count). The van der Waals surface area contributed by atoms with Crippen molar-refractivity contribution in [1.82, 2.24) is 24.5 Å². The molecular formula is C18H25N5O2. The number of nitrogens with zero attached hydrogens (tertiary/aromatic N) is 5. The first-order valence-corrected chi connectivity index (χ1v) is 9.09. The molecule has 0 spiro atoms. The standard InChI is InChI=1S/C18H25N5O2/c1-21-10-16(9-19-21)17-4-2-3-6-23(17)18(24)12-22-11-15(8-20-22)14-5-7-25-13-14/h8-11,14,17H,2-7,12-13H2,1H3. The number of amides is 1. The Morgan fingerprint density at radius 2 is 2.08 bits per heavy atom. The number of aryl methyl sites for hydroxylation is 1. The number of hydrogen-bond acceptors (Lipinski definition) is 4. The number of hydrogen-bond donors (Lipinski definition) is 0. The normalized spacial score (nSPS) is 24.0. The maximum Gasteiger partial charge on any atom is 0.244 e. The van der Waals surface area contributed by atoms with Crippen molar-refractivity contribution >= 4 is 5.91 Å². The molecule has 2 saturated heterocycles. The lowest BCUT2D eigenvalue weighted by Crippen LogP contribution is -2.40. The van der Waals surface area contributed by atoms with E-state index in [1.165, 1.54) is 5.56 Å². The van der Waals surface area contributed by atoms with Gasteiger partial charge in [0.25, 0.3) is 0 Å². The number of aromatic nitrogens is 4. The van der Waals surface area contributed by atoms with E-state index in [-0.39, 0.29) is 11.9 Å². The van der Waals surface area contributed by atoms with Gasteiger partial charge < -0.3 is 9.64 Å². The van der Waals surface area contributed by atoms with Gasteiger partial charge in [0.1, 0.15) is 6.54 Å². The van der Waals surface area contributed by atoms with Gasteiger partial charge in [0.05, 0.1) is 25.0 Å². The third kappa shape index (κ3) is 3.46. The van der Waals surface area contributed by atoms with Crippen LogP contribution in [-0.4, -0.2) is 50.1 Å². The van der Waals surface area contributed by atoms with Crippen molar-refractivity contribution in [2.75, 3.05) is 19.8 Å². The molecule has 7 nitrogen and oxygen atoms in total. The molecular weight excluding hydrogens is 318 g/mol. The summed E-state index contributed by atoms with van der Waals surface area (Å²) in [5, 5.41) is 8.66. The van der Waals surface area contributed by atoms with E-state index in [1.54, 1.807) is 9.36 Å². The summed E-state index contributed by atoms with van der Waals surface area (Å²) in [5.74, 6) is 0.549. The third-order valence-electron chi connectivity index (χ3n) is 5.28. The number of carbonyl (C=O) groups excluding carboxylic acids is 1. The van der Waals surface area contributed by atoms with E-state index in [2.05, 4.69) is 10.2 Å². The van der Waals surface area contributed by atoms with E-state index in [9.17, 15) is 4.79 Å². The van der Waals surface area contributed by atoms with Crippen LogP contribution in [0.2, 0.25) is 0 Å².